The van der Waals surface area contributed by atoms with Crippen LogP contribution in [0.2, 0.25) is 0 Å². The summed E-state index contributed by atoms with van der Waals surface area (Å²) in [6.45, 7) is 11.9. The van der Waals surface area contributed by atoms with Crippen LogP contribution < -0.4 is 16.0 Å². The second kappa shape index (κ2) is 13.3. The van der Waals surface area contributed by atoms with Crippen LogP contribution in [0.1, 0.15) is 44.9 Å². The molecule has 36 heavy (non-hydrogen) atoms. The molecule has 2 aromatic rings. The molecule has 0 saturated carbocycles. The molecule has 3 rings (SSSR count). The van der Waals surface area contributed by atoms with Crippen molar-refractivity contribution in [1.29, 1.82) is 0 Å². The van der Waals surface area contributed by atoms with Gasteiger partial charge in [0, 0.05) is 68.2 Å². The second-order valence-corrected chi connectivity index (χ2v) is 9.43. The summed E-state index contributed by atoms with van der Waals surface area (Å²) in [5.74, 6) is 0.102. The van der Waals surface area contributed by atoms with Crippen molar-refractivity contribution >= 4 is 29.1 Å². The molecule has 0 unspecified atom stereocenters. The Morgan fingerprint density at radius 3 is 2.92 bits per heavy atom. The number of ether oxygens (including phenoxy) is 1. The lowest BCUT2D eigenvalue weighted by atomic mass is 10.0. The summed E-state index contributed by atoms with van der Waals surface area (Å²) in [5, 5.41) is 3.13. The van der Waals surface area contributed by atoms with Crippen LogP contribution in [0.15, 0.2) is 35.6 Å². The van der Waals surface area contributed by atoms with Crippen molar-refractivity contribution in [2.75, 3.05) is 50.1 Å². The van der Waals surface area contributed by atoms with Crippen molar-refractivity contribution in [3.05, 3.63) is 47.7 Å². The summed E-state index contributed by atoms with van der Waals surface area (Å²) in [6, 6.07) is 5.71. The van der Waals surface area contributed by atoms with Crippen molar-refractivity contribution < 1.29 is 9.13 Å². The standard InChI is InChI=1S/C27H40FN7O/c1-6-36-13-12-34(5)23-8-7-11-35(18-23)25-10-9-22(14-24(25)28)32-27-31-16-20(4)26(33-27)21(15-29)17-30-19(2)3/h9-10,14-17,19,23H,6-8,11-13,18,29H2,1-5H3,(H,31,32,33)/b21-15+,30-17?/t23-/m0/s1. The number of allylic oxidation sites excluding steroid dienone is 1. The highest BCUT2D eigenvalue weighted by molar-refractivity contribution is 6.09. The fourth-order valence-electron chi connectivity index (χ4n) is 4.25. The molecule has 8 nitrogen and oxygen atoms in total. The van der Waals surface area contributed by atoms with Gasteiger partial charge in [0.2, 0.25) is 5.95 Å². The first-order chi connectivity index (χ1) is 17.3. The first-order valence-electron chi connectivity index (χ1n) is 12.7. The first-order valence-corrected chi connectivity index (χ1v) is 12.7. The number of aryl methyl sites for hydroxylation is 1. The van der Waals surface area contributed by atoms with Crippen LogP contribution in [0.4, 0.5) is 21.7 Å². The third-order valence-electron chi connectivity index (χ3n) is 6.29. The number of hydrogen-bond acceptors (Lipinski definition) is 8. The van der Waals surface area contributed by atoms with Gasteiger partial charge in [0.1, 0.15) is 5.82 Å². The predicted octanol–water partition coefficient (Wildman–Crippen LogP) is 4.38. The van der Waals surface area contributed by atoms with Gasteiger partial charge < -0.3 is 20.7 Å². The van der Waals surface area contributed by atoms with Gasteiger partial charge in [0.05, 0.1) is 18.0 Å². The molecule has 1 aliphatic heterocycles. The fraction of sp³-hybridized carbons (Fsp3) is 0.519. The highest BCUT2D eigenvalue weighted by Gasteiger charge is 2.25. The summed E-state index contributed by atoms with van der Waals surface area (Å²) < 4.78 is 20.7. The maximum Gasteiger partial charge on any atom is 0.227 e. The molecular formula is C27H40FN7O. The zero-order chi connectivity index (χ0) is 26.1. The number of aromatic nitrogens is 2. The molecule has 1 saturated heterocycles. The van der Waals surface area contributed by atoms with E-state index >= 15 is 4.39 Å². The predicted molar refractivity (Wildman–Crippen MR) is 147 cm³/mol. The van der Waals surface area contributed by atoms with Crippen LogP contribution in [0.5, 0.6) is 0 Å². The zero-order valence-corrected chi connectivity index (χ0v) is 22.2. The van der Waals surface area contributed by atoms with Crippen LogP contribution in [-0.4, -0.2) is 73.1 Å². The first kappa shape index (κ1) is 27.5. The van der Waals surface area contributed by atoms with E-state index in [-0.39, 0.29) is 11.9 Å². The number of benzene rings is 1. The van der Waals surface area contributed by atoms with Crippen molar-refractivity contribution in [2.45, 2.75) is 52.6 Å². The fourth-order valence-corrected chi connectivity index (χ4v) is 4.25. The van der Waals surface area contributed by atoms with E-state index in [2.05, 4.69) is 37.1 Å². The quantitative estimate of drug-likeness (QED) is 0.352. The van der Waals surface area contributed by atoms with Crippen molar-refractivity contribution in [1.82, 2.24) is 14.9 Å². The largest absolute Gasteiger partial charge is 0.404 e. The smallest absolute Gasteiger partial charge is 0.227 e. The molecule has 0 aliphatic carbocycles. The number of hydrogen-bond donors (Lipinski definition) is 2. The molecule has 0 spiro atoms. The Labute approximate surface area is 214 Å². The molecule has 0 amide bonds. The molecule has 196 valence electrons. The SMILES string of the molecule is CCOCCN(C)[C@H]1CCCN(c2ccc(Nc3ncc(C)c(/C(C=NC(C)C)=C/N)n3)cc2F)C1. The van der Waals surface area contributed by atoms with E-state index in [1.807, 2.05) is 39.8 Å². The number of nitrogens with zero attached hydrogens (tertiary/aromatic N) is 5. The van der Waals surface area contributed by atoms with Crippen molar-refractivity contribution in [3.8, 4) is 0 Å². The summed E-state index contributed by atoms with van der Waals surface area (Å²) in [5.41, 5.74) is 9.30. The monoisotopic (exact) mass is 497 g/mol. The average Bonchev–Trinajstić information content (AvgIpc) is 2.86. The number of aliphatic imine (C=N–C) groups is 1. The summed E-state index contributed by atoms with van der Waals surface area (Å²) in [7, 11) is 2.12. The normalized spacial score (nSPS) is 16.9. The number of rotatable bonds is 11. The van der Waals surface area contributed by atoms with Gasteiger partial charge in [-0.05, 0) is 71.3 Å². The topological polar surface area (TPSA) is 91.9 Å². The summed E-state index contributed by atoms with van der Waals surface area (Å²) in [6.07, 6.45) is 7.06. The Bertz CT molecular complexity index is 1060. The Morgan fingerprint density at radius 2 is 2.22 bits per heavy atom. The third-order valence-corrected chi connectivity index (χ3v) is 6.29. The van der Waals surface area contributed by atoms with E-state index in [1.54, 1.807) is 12.4 Å². The minimum atomic E-state index is -0.267. The molecule has 1 aromatic carbocycles. The molecule has 1 aromatic heterocycles. The number of nitrogens with one attached hydrogen (secondary N) is 1. The van der Waals surface area contributed by atoms with E-state index in [4.69, 9.17) is 10.5 Å². The van der Waals surface area contributed by atoms with Crippen LogP contribution in [0.3, 0.4) is 0 Å². The Hall–Kier alpha value is -3.04. The van der Waals surface area contributed by atoms with E-state index in [0.717, 1.165) is 44.6 Å². The van der Waals surface area contributed by atoms with Gasteiger partial charge in [-0.1, -0.05) is 0 Å². The van der Waals surface area contributed by atoms with Crippen LogP contribution in [-0.2, 0) is 4.74 Å². The zero-order valence-electron chi connectivity index (χ0n) is 22.2. The maximum atomic E-state index is 15.2. The van der Waals surface area contributed by atoms with Crippen LogP contribution in [0, 0.1) is 12.7 Å². The lowest BCUT2D eigenvalue weighted by molar-refractivity contribution is 0.103. The highest BCUT2D eigenvalue weighted by atomic mass is 19.1. The van der Waals surface area contributed by atoms with Gasteiger partial charge in [0.25, 0.3) is 0 Å². The Balaban J connectivity index is 1.71. The lowest BCUT2D eigenvalue weighted by Gasteiger charge is -2.39. The van der Waals surface area contributed by atoms with Gasteiger partial charge in [-0.25, -0.2) is 14.4 Å². The van der Waals surface area contributed by atoms with Crippen LogP contribution >= 0.6 is 0 Å². The maximum absolute atomic E-state index is 15.2. The molecule has 9 heteroatoms. The molecule has 0 radical (unpaired) electrons. The second-order valence-electron chi connectivity index (χ2n) is 9.43. The number of likely N-dealkylation sites (N-methyl/N-ethyl adjacent to an activating group) is 1. The minimum absolute atomic E-state index is 0.145. The number of piperidine rings is 1. The number of nitrogens with two attached hydrogens (primary N) is 1. The summed E-state index contributed by atoms with van der Waals surface area (Å²) in [4.78, 5) is 17.8. The highest BCUT2D eigenvalue weighted by Crippen LogP contribution is 2.28. The van der Waals surface area contributed by atoms with Gasteiger partial charge >= 0.3 is 0 Å². The Kier molecular flexibility index (Phi) is 10.2. The molecule has 1 atom stereocenters. The average molecular weight is 498 g/mol. The molecule has 2 heterocycles. The summed E-state index contributed by atoms with van der Waals surface area (Å²) >= 11 is 0. The van der Waals surface area contributed by atoms with E-state index in [9.17, 15) is 0 Å². The molecule has 1 aliphatic rings. The van der Waals surface area contributed by atoms with E-state index in [1.165, 1.54) is 12.3 Å². The van der Waals surface area contributed by atoms with Crippen LogP contribution in [0.25, 0.3) is 5.57 Å². The van der Waals surface area contributed by atoms with Gasteiger partial charge in [0.15, 0.2) is 0 Å². The molecule has 0 bridgehead atoms. The number of halogens is 1. The van der Waals surface area contributed by atoms with Gasteiger partial charge in [-0.2, -0.15) is 0 Å². The number of anilines is 3. The molecular weight excluding hydrogens is 457 g/mol. The van der Waals surface area contributed by atoms with Gasteiger partial charge in [-0.15, -0.1) is 0 Å². The molecule has 1 fully saturated rings. The van der Waals surface area contributed by atoms with E-state index < -0.39 is 0 Å². The molecule has 3 N–H and O–H groups in total. The van der Waals surface area contributed by atoms with Crippen molar-refractivity contribution in [3.63, 3.8) is 0 Å². The van der Waals surface area contributed by atoms with Gasteiger partial charge in [-0.3, -0.25) is 9.89 Å². The Morgan fingerprint density at radius 1 is 1.42 bits per heavy atom. The van der Waals surface area contributed by atoms with E-state index in [0.29, 0.717) is 41.2 Å². The van der Waals surface area contributed by atoms with Crippen molar-refractivity contribution in [2.24, 2.45) is 10.7 Å². The minimum Gasteiger partial charge on any atom is -0.404 e. The lowest BCUT2D eigenvalue weighted by Crippen LogP contribution is -2.47. The third kappa shape index (κ3) is 7.48.